The van der Waals surface area contributed by atoms with Crippen molar-refractivity contribution in [3.05, 3.63) is 72.3 Å². The van der Waals surface area contributed by atoms with E-state index in [9.17, 15) is 5.11 Å². The molecular formula is C18H16O2. The molecule has 0 aliphatic carbocycles. The Morgan fingerprint density at radius 3 is 2.30 bits per heavy atom. The molecule has 0 aliphatic heterocycles. The molecule has 0 spiro atoms. The lowest BCUT2D eigenvalue weighted by molar-refractivity contribution is 0.195. The molecule has 3 rings (SSSR count). The van der Waals surface area contributed by atoms with E-state index in [1.165, 1.54) is 0 Å². The fourth-order valence-electron chi connectivity index (χ4n) is 2.32. The van der Waals surface area contributed by atoms with Gasteiger partial charge in [-0.15, -0.1) is 0 Å². The molecule has 0 saturated carbocycles. The molecule has 0 amide bonds. The van der Waals surface area contributed by atoms with Crippen LogP contribution in [0.15, 0.2) is 66.7 Å². The molecule has 0 unspecified atom stereocenters. The highest BCUT2D eigenvalue weighted by atomic mass is 16.5. The van der Waals surface area contributed by atoms with Gasteiger partial charge in [-0.25, -0.2) is 0 Å². The summed E-state index contributed by atoms with van der Waals surface area (Å²) >= 11 is 0. The molecule has 1 atom stereocenters. The van der Waals surface area contributed by atoms with Gasteiger partial charge < -0.3 is 9.84 Å². The van der Waals surface area contributed by atoms with Gasteiger partial charge in [-0.3, -0.25) is 0 Å². The minimum Gasteiger partial charge on any atom is -0.456 e. The molecule has 2 heteroatoms. The Morgan fingerprint density at radius 1 is 0.800 bits per heavy atom. The van der Waals surface area contributed by atoms with Crippen LogP contribution in [0.5, 0.6) is 11.5 Å². The van der Waals surface area contributed by atoms with E-state index in [1.807, 2.05) is 54.6 Å². The second-order valence-corrected chi connectivity index (χ2v) is 4.79. The summed E-state index contributed by atoms with van der Waals surface area (Å²) in [6.07, 6.45) is -0.554. The summed E-state index contributed by atoms with van der Waals surface area (Å²) in [7, 11) is 0. The molecule has 2 nitrogen and oxygen atoms in total. The van der Waals surface area contributed by atoms with Gasteiger partial charge in [0.2, 0.25) is 0 Å². The number of hydrogen-bond acceptors (Lipinski definition) is 2. The van der Waals surface area contributed by atoms with Gasteiger partial charge in [0.15, 0.2) is 0 Å². The maximum atomic E-state index is 9.82. The number of para-hydroxylation sites is 1. The van der Waals surface area contributed by atoms with Crippen molar-refractivity contribution in [2.24, 2.45) is 0 Å². The molecule has 3 aromatic rings. The Kier molecular flexibility index (Phi) is 3.40. The predicted molar refractivity (Wildman–Crippen MR) is 81.1 cm³/mol. The quantitative estimate of drug-likeness (QED) is 0.744. The topological polar surface area (TPSA) is 29.5 Å². The Morgan fingerprint density at radius 2 is 1.45 bits per heavy atom. The third-order valence-electron chi connectivity index (χ3n) is 3.34. The van der Waals surface area contributed by atoms with Crippen LogP contribution in [0.25, 0.3) is 10.8 Å². The number of aliphatic hydroxyl groups is 1. The molecule has 0 heterocycles. The average Bonchev–Trinajstić information content (AvgIpc) is 2.48. The summed E-state index contributed by atoms with van der Waals surface area (Å²) in [4.78, 5) is 0. The molecule has 0 bridgehead atoms. The van der Waals surface area contributed by atoms with Crippen molar-refractivity contribution in [3.8, 4) is 11.5 Å². The van der Waals surface area contributed by atoms with E-state index in [4.69, 9.17) is 4.74 Å². The number of hydrogen-bond donors (Lipinski definition) is 1. The zero-order valence-electron chi connectivity index (χ0n) is 11.3. The summed E-state index contributed by atoms with van der Waals surface area (Å²) in [6, 6.07) is 21.6. The zero-order chi connectivity index (χ0) is 13.9. The molecule has 0 saturated heterocycles. The predicted octanol–water partition coefficient (Wildman–Crippen LogP) is 4.69. The molecule has 0 radical (unpaired) electrons. The number of rotatable bonds is 3. The molecule has 0 aromatic heterocycles. The molecule has 20 heavy (non-hydrogen) atoms. The van der Waals surface area contributed by atoms with E-state index in [-0.39, 0.29) is 0 Å². The first-order valence-electron chi connectivity index (χ1n) is 6.68. The van der Waals surface area contributed by atoms with Gasteiger partial charge in [0.25, 0.3) is 0 Å². The highest BCUT2D eigenvalue weighted by Gasteiger charge is 2.10. The fraction of sp³-hybridized carbons (Fsp3) is 0.111. The fourth-order valence-corrected chi connectivity index (χ4v) is 2.32. The zero-order valence-corrected chi connectivity index (χ0v) is 11.3. The van der Waals surface area contributed by atoms with E-state index in [1.54, 1.807) is 6.92 Å². The second kappa shape index (κ2) is 5.35. The summed E-state index contributed by atoms with van der Waals surface area (Å²) in [5.41, 5.74) is 0.792. The van der Waals surface area contributed by atoms with Crippen LogP contribution in [-0.2, 0) is 0 Å². The minimum absolute atomic E-state index is 0.554. The number of aliphatic hydroxyl groups excluding tert-OH is 1. The van der Waals surface area contributed by atoms with Crippen LogP contribution < -0.4 is 4.74 Å². The van der Waals surface area contributed by atoms with Crippen LogP contribution in [0.3, 0.4) is 0 Å². The van der Waals surface area contributed by atoms with Crippen LogP contribution in [-0.4, -0.2) is 5.11 Å². The van der Waals surface area contributed by atoms with Gasteiger partial charge in [-0.1, -0.05) is 54.6 Å². The Balaban J connectivity index is 2.06. The molecule has 0 aliphatic rings. The largest absolute Gasteiger partial charge is 0.456 e. The van der Waals surface area contributed by atoms with Crippen molar-refractivity contribution < 1.29 is 9.84 Å². The maximum absolute atomic E-state index is 9.82. The van der Waals surface area contributed by atoms with Crippen molar-refractivity contribution >= 4 is 10.8 Å². The van der Waals surface area contributed by atoms with Crippen LogP contribution in [0.2, 0.25) is 0 Å². The standard InChI is InChI=1S/C18H16O2/c1-13(19)15-9-4-5-11-17(15)20-18-12-6-8-14-7-2-3-10-16(14)18/h2-13,19H,1H3/t13-/m0/s1. The molecule has 100 valence electrons. The number of fused-ring (bicyclic) bond motifs is 1. The molecule has 1 N–H and O–H groups in total. The first-order valence-corrected chi connectivity index (χ1v) is 6.68. The summed E-state index contributed by atoms with van der Waals surface area (Å²) < 4.78 is 6.02. The number of ether oxygens (including phenoxy) is 1. The van der Waals surface area contributed by atoms with Gasteiger partial charge >= 0.3 is 0 Å². The SMILES string of the molecule is C[C@H](O)c1ccccc1Oc1cccc2ccccc12. The van der Waals surface area contributed by atoms with Crippen LogP contribution >= 0.6 is 0 Å². The normalized spacial score (nSPS) is 12.3. The van der Waals surface area contributed by atoms with E-state index in [0.717, 1.165) is 22.1 Å². The average molecular weight is 264 g/mol. The molecule has 0 fully saturated rings. The van der Waals surface area contributed by atoms with Crippen molar-refractivity contribution in [3.63, 3.8) is 0 Å². The summed E-state index contributed by atoms with van der Waals surface area (Å²) in [5, 5.41) is 12.0. The lowest BCUT2D eigenvalue weighted by Crippen LogP contribution is -1.96. The first kappa shape index (κ1) is 12.7. The minimum atomic E-state index is -0.554. The van der Waals surface area contributed by atoms with E-state index >= 15 is 0 Å². The highest BCUT2D eigenvalue weighted by Crippen LogP contribution is 2.33. The smallest absolute Gasteiger partial charge is 0.135 e. The van der Waals surface area contributed by atoms with Crippen molar-refractivity contribution in [2.45, 2.75) is 13.0 Å². The van der Waals surface area contributed by atoms with Gasteiger partial charge in [0.1, 0.15) is 11.5 Å². The van der Waals surface area contributed by atoms with Crippen molar-refractivity contribution in [2.75, 3.05) is 0 Å². The second-order valence-electron chi connectivity index (χ2n) is 4.79. The van der Waals surface area contributed by atoms with Crippen LogP contribution in [0.4, 0.5) is 0 Å². The summed E-state index contributed by atoms with van der Waals surface area (Å²) in [6.45, 7) is 1.74. The molecule has 3 aromatic carbocycles. The van der Waals surface area contributed by atoms with Crippen LogP contribution in [0.1, 0.15) is 18.6 Å². The maximum Gasteiger partial charge on any atom is 0.135 e. The monoisotopic (exact) mass is 264 g/mol. The Labute approximate surface area is 118 Å². The van der Waals surface area contributed by atoms with Gasteiger partial charge in [0.05, 0.1) is 6.10 Å². The molecular weight excluding hydrogens is 248 g/mol. The lowest BCUT2D eigenvalue weighted by Gasteiger charge is -2.14. The van der Waals surface area contributed by atoms with Gasteiger partial charge in [-0.05, 0) is 24.4 Å². The Hall–Kier alpha value is -2.32. The van der Waals surface area contributed by atoms with Crippen LogP contribution in [0, 0.1) is 0 Å². The lowest BCUT2D eigenvalue weighted by atomic mass is 10.1. The summed E-state index contributed by atoms with van der Waals surface area (Å²) in [5.74, 6) is 1.50. The number of benzene rings is 3. The van der Waals surface area contributed by atoms with E-state index < -0.39 is 6.10 Å². The first-order chi connectivity index (χ1) is 9.75. The van der Waals surface area contributed by atoms with Gasteiger partial charge in [-0.2, -0.15) is 0 Å². The third-order valence-corrected chi connectivity index (χ3v) is 3.34. The third kappa shape index (κ3) is 2.38. The van der Waals surface area contributed by atoms with E-state index in [0.29, 0.717) is 5.75 Å². The van der Waals surface area contributed by atoms with E-state index in [2.05, 4.69) is 12.1 Å². The van der Waals surface area contributed by atoms with Crippen molar-refractivity contribution in [1.29, 1.82) is 0 Å². The highest BCUT2D eigenvalue weighted by molar-refractivity contribution is 5.88. The Bertz CT molecular complexity index is 727. The van der Waals surface area contributed by atoms with Crippen molar-refractivity contribution in [1.82, 2.24) is 0 Å². The van der Waals surface area contributed by atoms with Gasteiger partial charge in [0, 0.05) is 10.9 Å².